The molecule has 0 saturated carbocycles. The molecule has 0 saturated heterocycles. The van der Waals surface area contributed by atoms with Gasteiger partial charge in [0.15, 0.2) is 5.16 Å². The van der Waals surface area contributed by atoms with Crippen molar-refractivity contribution in [2.75, 3.05) is 0 Å². The predicted molar refractivity (Wildman–Crippen MR) is 134 cm³/mol. The van der Waals surface area contributed by atoms with Gasteiger partial charge >= 0.3 is 0 Å². The number of thioether (sulfide) groups is 1. The Bertz CT molecular complexity index is 1320. The second kappa shape index (κ2) is 10.1. The normalized spacial score (nSPS) is 11.7. The molecule has 8 heteroatoms. The Morgan fingerprint density at radius 1 is 0.971 bits per heavy atom. The number of benzene rings is 3. The van der Waals surface area contributed by atoms with E-state index in [0.717, 1.165) is 22.5 Å². The van der Waals surface area contributed by atoms with Gasteiger partial charge in [-0.1, -0.05) is 60.9 Å². The molecular formula is C26H22Cl2F2N2OS. The van der Waals surface area contributed by atoms with Crippen LogP contribution in [0.1, 0.15) is 36.2 Å². The van der Waals surface area contributed by atoms with E-state index in [1.165, 1.54) is 30.0 Å². The molecule has 0 unspecified atom stereocenters. The SMILES string of the molecule is CC(C)(c1ccc(Cl)c(Cl)c1)c1cnc(SCc2ccc(F)c(CO)c2)n1-c1ccc(F)cc1. The molecule has 0 bridgehead atoms. The quantitative estimate of drug-likeness (QED) is 0.256. The van der Waals surface area contributed by atoms with Gasteiger partial charge in [-0.15, -0.1) is 0 Å². The van der Waals surface area contributed by atoms with Gasteiger partial charge in [0.05, 0.1) is 28.5 Å². The zero-order valence-corrected chi connectivity index (χ0v) is 20.9. The lowest BCUT2D eigenvalue weighted by atomic mass is 9.81. The van der Waals surface area contributed by atoms with Crippen LogP contribution in [0.15, 0.2) is 72.0 Å². The summed E-state index contributed by atoms with van der Waals surface area (Å²) in [6.45, 7) is 3.76. The predicted octanol–water partition coefficient (Wildman–Crippen LogP) is 7.57. The average molecular weight is 519 g/mol. The molecule has 1 N–H and O–H groups in total. The van der Waals surface area contributed by atoms with Crippen LogP contribution in [-0.4, -0.2) is 14.7 Å². The molecule has 4 rings (SSSR count). The molecule has 34 heavy (non-hydrogen) atoms. The number of halogens is 4. The van der Waals surface area contributed by atoms with Crippen molar-refractivity contribution in [3.05, 3.63) is 111 Å². The van der Waals surface area contributed by atoms with Crippen LogP contribution in [0.4, 0.5) is 8.78 Å². The molecule has 0 spiro atoms. The van der Waals surface area contributed by atoms with E-state index < -0.39 is 11.2 Å². The largest absolute Gasteiger partial charge is 0.392 e. The lowest BCUT2D eigenvalue weighted by Gasteiger charge is -2.28. The molecule has 0 atom stereocenters. The maximum atomic E-state index is 13.8. The first-order valence-corrected chi connectivity index (χ1v) is 12.3. The van der Waals surface area contributed by atoms with Crippen LogP contribution in [0.3, 0.4) is 0 Å². The van der Waals surface area contributed by atoms with Crippen LogP contribution in [0.5, 0.6) is 0 Å². The Kier molecular flexibility index (Phi) is 7.33. The van der Waals surface area contributed by atoms with Gasteiger partial charge in [-0.3, -0.25) is 4.57 Å². The second-order valence-electron chi connectivity index (χ2n) is 8.36. The van der Waals surface area contributed by atoms with E-state index in [4.69, 9.17) is 23.2 Å². The molecule has 0 amide bonds. The van der Waals surface area contributed by atoms with Crippen molar-refractivity contribution in [2.24, 2.45) is 0 Å². The maximum absolute atomic E-state index is 13.8. The average Bonchev–Trinajstić information content (AvgIpc) is 3.25. The third-order valence-electron chi connectivity index (χ3n) is 5.74. The van der Waals surface area contributed by atoms with Crippen LogP contribution in [0.25, 0.3) is 5.69 Å². The number of nitrogens with zero attached hydrogens (tertiary/aromatic N) is 2. The minimum absolute atomic E-state index is 0.251. The van der Waals surface area contributed by atoms with E-state index in [9.17, 15) is 13.9 Å². The number of aliphatic hydroxyl groups excluding tert-OH is 1. The van der Waals surface area contributed by atoms with Crippen molar-refractivity contribution >= 4 is 35.0 Å². The van der Waals surface area contributed by atoms with Crippen molar-refractivity contribution in [2.45, 2.75) is 36.8 Å². The highest BCUT2D eigenvalue weighted by Gasteiger charge is 2.30. The van der Waals surface area contributed by atoms with Gasteiger partial charge in [0.25, 0.3) is 0 Å². The van der Waals surface area contributed by atoms with Gasteiger partial charge in [-0.05, 0) is 59.7 Å². The fraction of sp³-hybridized carbons (Fsp3) is 0.192. The van der Waals surface area contributed by atoms with E-state index in [2.05, 4.69) is 18.8 Å². The fourth-order valence-corrected chi connectivity index (χ4v) is 4.97. The summed E-state index contributed by atoms with van der Waals surface area (Å²) in [7, 11) is 0. The lowest BCUT2D eigenvalue weighted by Crippen LogP contribution is -2.23. The summed E-state index contributed by atoms with van der Waals surface area (Å²) in [5, 5.41) is 11.0. The summed E-state index contributed by atoms with van der Waals surface area (Å²) in [6, 6.07) is 16.5. The topological polar surface area (TPSA) is 38.1 Å². The molecule has 1 heterocycles. The molecule has 0 fully saturated rings. The first-order chi connectivity index (χ1) is 16.2. The first kappa shape index (κ1) is 24.7. The number of aliphatic hydroxyl groups is 1. The van der Waals surface area contributed by atoms with Crippen molar-refractivity contribution in [1.82, 2.24) is 9.55 Å². The standard InChI is InChI=1S/C26H22Cl2F2N2OS/c1-26(2,18-4-9-21(27)22(28)12-18)24-13-31-25(32(24)20-7-5-19(29)6-8-20)34-15-16-3-10-23(30)17(11-16)14-33/h3-13,33H,14-15H2,1-2H3. The Morgan fingerprint density at radius 2 is 1.71 bits per heavy atom. The summed E-state index contributed by atoms with van der Waals surface area (Å²) in [5.41, 5.74) is 3.20. The summed E-state index contributed by atoms with van der Waals surface area (Å²) in [6.07, 6.45) is 1.80. The van der Waals surface area contributed by atoms with Crippen LogP contribution < -0.4 is 0 Å². The highest BCUT2D eigenvalue weighted by Crippen LogP contribution is 2.38. The summed E-state index contributed by atoms with van der Waals surface area (Å²) in [4.78, 5) is 4.67. The summed E-state index contributed by atoms with van der Waals surface area (Å²) >= 11 is 13.9. The van der Waals surface area contributed by atoms with Crippen LogP contribution in [0, 0.1) is 11.6 Å². The third-order valence-corrected chi connectivity index (χ3v) is 7.51. The van der Waals surface area contributed by atoms with Crippen LogP contribution >= 0.6 is 35.0 Å². The van der Waals surface area contributed by atoms with Gasteiger partial charge < -0.3 is 5.11 Å². The van der Waals surface area contributed by atoms with Crippen molar-refractivity contribution < 1.29 is 13.9 Å². The Labute approximate surface area is 211 Å². The van der Waals surface area contributed by atoms with E-state index in [1.807, 2.05) is 16.7 Å². The van der Waals surface area contributed by atoms with E-state index in [-0.39, 0.29) is 18.0 Å². The molecule has 0 aliphatic heterocycles. The molecule has 1 aromatic heterocycles. The first-order valence-electron chi connectivity index (χ1n) is 10.5. The fourth-order valence-electron chi connectivity index (χ4n) is 3.74. The summed E-state index contributed by atoms with van der Waals surface area (Å²) in [5.74, 6) is -0.251. The van der Waals surface area contributed by atoms with Crippen molar-refractivity contribution in [3.63, 3.8) is 0 Å². The highest BCUT2D eigenvalue weighted by molar-refractivity contribution is 7.98. The van der Waals surface area contributed by atoms with Gasteiger partial charge in [0, 0.05) is 22.4 Å². The van der Waals surface area contributed by atoms with E-state index in [0.29, 0.717) is 21.0 Å². The van der Waals surface area contributed by atoms with Gasteiger partial charge in [0.2, 0.25) is 0 Å². The number of rotatable bonds is 7. The van der Waals surface area contributed by atoms with Crippen LogP contribution in [-0.2, 0) is 17.8 Å². The van der Waals surface area contributed by atoms with Gasteiger partial charge in [0.1, 0.15) is 11.6 Å². The van der Waals surface area contributed by atoms with E-state index >= 15 is 0 Å². The molecule has 0 aliphatic rings. The molecule has 3 nitrogen and oxygen atoms in total. The zero-order chi connectivity index (χ0) is 24.5. The minimum atomic E-state index is -0.506. The van der Waals surface area contributed by atoms with Crippen molar-refractivity contribution in [1.29, 1.82) is 0 Å². The Balaban J connectivity index is 1.76. The second-order valence-corrected chi connectivity index (χ2v) is 10.1. The number of hydrogen-bond donors (Lipinski definition) is 1. The molecule has 0 aliphatic carbocycles. The monoisotopic (exact) mass is 518 g/mol. The molecule has 0 radical (unpaired) electrons. The number of aromatic nitrogens is 2. The molecule has 3 aromatic carbocycles. The van der Waals surface area contributed by atoms with Crippen LogP contribution in [0.2, 0.25) is 10.0 Å². The number of hydrogen-bond acceptors (Lipinski definition) is 3. The zero-order valence-electron chi connectivity index (χ0n) is 18.5. The number of imidazole rings is 1. The molecular weight excluding hydrogens is 497 g/mol. The molecule has 176 valence electrons. The van der Waals surface area contributed by atoms with E-state index in [1.54, 1.807) is 36.5 Å². The van der Waals surface area contributed by atoms with Gasteiger partial charge in [-0.25, -0.2) is 13.8 Å². The lowest BCUT2D eigenvalue weighted by molar-refractivity contribution is 0.275. The maximum Gasteiger partial charge on any atom is 0.173 e. The third kappa shape index (κ3) is 5.01. The highest BCUT2D eigenvalue weighted by atomic mass is 35.5. The smallest absolute Gasteiger partial charge is 0.173 e. The minimum Gasteiger partial charge on any atom is -0.392 e. The van der Waals surface area contributed by atoms with Crippen molar-refractivity contribution in [3.8, 4) is 5.69 Å². The Morgan fingerprint density at radius 3 is 2.38 bits per heavy atom. The summed E-state index contributed by atoms with van der Waals surface area (Å²) < 4.78 is 29.4. The van der Waals surface area contributed by atoms with Gasteiger partial charge in [-0.2, -0.15) is 0 Å². The Hall–Kier alpha value is -2.38. The molecule has 4 aromatic rings.